The summed E-state index contributed by atoms with van der Waals surface area (Å²) in [5, 5.41) is 11.3. The third-order valence-electron chi connectivity index (χ3n) is 4.46. The van der Waals surface area contributed by atoms with Crippen LogP contribution in [-0.2, 0) is 4.79 Å². The lowest BCUT2D eigenvalue weighted by atomic mass is 9.49. The average Bonchev–Trinajstić information content (AvgIpc) is 1.98. The van der Waals surface area contributed by atoms with Gasteiger partial charge in [-0.15, -0.1) is 0 Å². The molecule has 4 saturated carbocycles. The minimum Gasteiger partial charge on any atom is -0.550 e. The topological polar surface area (TPSA) is 40.1 Å². The van der Waals surface area contributed by atoms with Gasteiger partial charge in [0.25, 0.3) is 0 Å². The molecule has 4 aliphatic carbocycles. The first-order chi connectivity index (χ1) is 6.51. The number of hydrogen-bond donors (Lipinski definition) is 1. The van der Waals surface area contributed by atoms with E-state index in [1.807, 2.05) is 0 Å². The Labute approximate surface area is 89.5 Å². The van der Waals surface area contributed by atoms with Gasteiger partial charge < -0.3 is 9.90 Å². The van der Waals surface area contributed by atoms with Crippen LogP contribution in [-0.4, -0.2) is 10.7 Å². The van der Waals surface area contributed by atoms with Crippen LogP contribution in [0.25, 0.3) is 0 Å². The Morgan fingerprint density at radius 1 is 1.21 bits per heavy atom. The maximum Gasteiger partial charge on any atom is 0.0476 e. The lowest BCUT2D eigenvalue weighted by Crippen LogP contribution is -2.59. The number of carboxylic acids is 1. The van der Waals surface area contributed by atoms with Gasteiger partial charge in [-0.05, 0) is 50.4 Å². The van der Waals surface area contributed by atoms with E-state index < -0.39 is 11.4 Å². The van der Waals surface area contributed by atoms with Crippen molar-refractivity contribution >= 4 is 18.6 Å². The maximum atomic E-state index is 11.3. The molecular formula is C11H15O2S-. The van der Waals surface area contributed by atoms with Gasteiger partial charge in [0.05, 0.1) is 0 Å². The van der Waals surface area contributed by atoms with E-state index in [-0.39, 0.29) is 4.75 Å². The van der Waals surface area contributed by atoms with Gasteiger partial charge in [-0.3, -0.25) is 0 Å². The van der Waals surface area contributed by atoms with Crippen molar-refractivity contribution in [2.45, 2.75) is 43.3 Å². The first-order valence-electron chi connectivity index (χ1n) is 5.45. The van der Waals surface area contributed by atoms with Crippen molar-refractivity contribution in [1.82, 2.24) is 0 Å². The Morgan fingerprint density at radius 2 is 1.79 bits per heavy atom. The van der Waals surface area contributed by atoms with Crippen LogP contribution in [0.1, 0.15) is 38.5 Å². The lowest BCUT2D eigenvalue weighted by Gasteiger charge is -2.61. The maximum absolute atomic E-state index is 11.3. The van der Waals surface area contributed by atoms with E-state index in [1.165, 1.54) is 6.42 Å². The molecule has 2 atom stereocenters. The molecule has 0 radical (unpaired) electrons. The van der Waals surface area contributed by atoms with E-state index in [0.717, 1.165) is 32.1 Å². The molecule has 0 spiro atoms. The van der Waals surface area contributed by atoms with Gasteiger partial charge in [0.2, 0.25) is 0 Å². The zero-order chi connectivity index (χ0) is 9.97. The summed E-state index contributed by atoms with van der Waals surface area (Å²) in [7, 11) is 0. The van der Waals surface area contributed by atoms with E-state index >= 15 is 0 Å². The Kier molecular flexibility index (Phi) is 1.61. The monoisotopic (exact) mass is 211 g/mol. The average molecular weight is 211 g/mol. The van der Waals surface area contributed by atoms with Crippen LogP contribution in [0.15, 0.2) is 0 Å². The molecule has 0 N–H and O–H groups in total. The van der Waals surface area contributed by atoms with E-state index in [0.29, 0.717) is 11.8 Å². The molecule has 0 aromatic rings. The first kappa shape index (κ1) is 9.08. The highest BCUT2D eigenvalue weighted by atomic mass is 32.1. The fraction of sp³-hybridized carbons (Fsp3) is 0.909. The van der Waals surface area contributed by atoms with Crippen LogP contribution >= 0.6 is 12.6 Å². The van der Waals surface area contributed by atoms with Crippen molar-refractivity contribution < 1.29 is 9.90 Å². The van der Waals surface area contributed by atoms with Crippen LogP contribution in [0.2, 0.25) is 0 Å². The Hall–Kier alpha value is -0.180. The highest BCUT2D eigenvalue weighted by Crippen LogP contribution is 2.63. The molecular weight excluding hydrogens is 196 g/mol. The third-order valence-corrected chi connectivity index (χ3v) is 4.99. The van der Waals surface area contributed by atoms with Crippen molar-refractivity contribution in [1.29, 1.82) is 0 Å². The molecule has 3 heteroatoms. The van der Waals surface area contributed by atoms with Gasteiger partial charge in [0.15, 0.2) is 0 Å². The van der Waals surface area contributed by atoms with Crippen molar-refractivity contribution in [3.05, 3.63) is 0 Å². The second-order valence-electron chi connectivity index (χ2n) is 5.75. The van der Waals surface area contributed by atoms with E-state index in [4.69, 9.17) is 12.6 Å². The fourth-order valence-electron chi connectivity index (χ4n) is 4.45. The van der Waals surface area contributed by atoms with Gasteiger partial charge in [-0.1, -0.05) is 0 Å². The Bertz CT molecular complexity index is 286. The van der Waals surface area contributed by atoms with Crippen LogP contribution in [0.5, 0.6) is 0 Å². The van der Waals surface area contributed by atoms with Gasteiger partial charge >= 0.3 is 0 Å². The molecule has 4 bridgehead atoms. The molecule has 0 aromatic heterocycles. The second kappa shape index (κ2) is 2.49. The number of carbonyl (C=O) groups excluding carboxylic acids is 1. The highest BCUT2D eigenvalue weighted by Gasteiger charge is 2.56. The molecule has 0 saturated heterocycles. The van der Waals surface area contributed by atoms with Crippen molar-refractivity contribution in [2.24, 2.45) is 17.3 Å². The first-order valence-corrected chi connectivity index (χ1v) is 5.90. The van der Waals surface area contributed by atoms with Gasteiger partial charge in [0, 0.05) is 16.1 Å². The zero-order valence-corrected chi connectivity index (χ0v) is 9.06. The summed E-state index contributed by atoms with van der Waals surface area (Å²) < 4.78 is 0.0180. The molecule has 2 unspecified atom stereocenters. The molecule has 2 nitrogen and oxygen atoms in total. The number of hydrogen-bond acceptors (Lipinski definition) is 3. The third kappa shape index (κ3) is 1.08. The predicted octanol–water partition coefficient (Wildman–Crippen LogP) is 1.01. The molecule has 0 heterocycles. The summed E-state index contributed by atoms with van der Waals surface area (Å²) in [5.41, 5.74) is -0.508. The molecule has 4 rings (SSSR count). The van der Waals surface area contributed by atoms with Crippen molar-refractivity contribution in [3.63, 3.8) is 0 Å². The largest absolute Gasteiger partial charge is 0.550 e. The molecule has 14 heavy (non-hydrogen) atoms. The molecule has 0 aliphatic heterocycles. The standard InChI is InChI=1S/C11H16O2S/c12-9(13)10-2-7-1-8(3-10)5-11(14,4-7)6-10/h7-8,14H,1-6H2,(H,12,13)/p-1. The quantitative estimate of drug-likeness (QED) is 0.657. The SMILES string of the molecule is O=C([O-])C12CC3CC(CC(S)(C3)C1)C2. The Morgan fingerprint density at radius 3 is 2.21 bits per heavy atom. The number of thiol groups is 1. The summed E-state index contributed by atoms with van der Waals surface area (Å²) in [6, 6.07) is 0. The Balaban J connectivity index is 2.00. The molecule has 4 fully saturated rings. The summed E-state index contributed by atoms with van der Waals surface area (Å²) in [5.74, 6) is 0.392. The molecule has 0 amide bonds. The van der Waals surface area contributed by atoms with Crippen LogP contribution in [0, 0.1) is 17.3 Å². The summed E-state index contributed by atoms with van der Waals surface area (Å²) in [6.45, 7) is 0. The molecule has 4 aliphatic rings. The second-order valence-corrected chi connectivity index (χ2v) is 6.70. The highest BCUT2D eigenvalue weighted by molar-refractivity contribution is 7.81. The number of aliphatic carboxylic acids is 1. The van der Waals surface area contributed by atoms with Crippen LogP contribution < -0.4 is 5.11 Å². The molecule has 78 valence electrons. The van der Waals surface area contributed by atoms with E-state index in [9.17, 15) is 9.90 Å². The zero-order valence-electron chi connectivity index (χ0n) is 8.16. The van der Waals surface area contributed by atoms with Crippen molar-refractivity contribution in [2.75, 3.05) is 0 Å². The summed E-state index contributed by atoms with van der Waals surface area (Å²) in [4.78, 5) is 11.3. The number of carbonyl (C=O) groups is 1. The van der Waals surface area contributed by atoms with Gasteiger partial charge in [-0.2, -0.15) is 12.6 Å². The van der Waals surface area contributed by atoms with Crippen molar-refractivity contribution in [3.8, 4) is 0 Å². The predicted molar refractivity (Wildman–Crippen MR) is 53.8 cm³/mol. The molecule has 0 aromatic carbocycles. The minimum atomic E-state index is -0.815. The normalized spacial score (nSPS) is 54.9. The summed E-state index contributed by atoms with van der Waals surface area (Å²) >= 11 is 4.71. The number of rotatable bonds is 1. The van der Waals surface area contributed by atoms with Gasteiger partial charge in [0.1, 0.15) is 0 Å². The summed E-state index contributed by atoms with van der Waals surface area (Å²) in [6.07, 6.45) is 5.95. The smallest absolute Gasteiger partial charge is 0.0476 e. The van der Waals surface area contributed by atoms with Gasteiger partial charge in [-0.25, -0.2) is 0 Å². The van der Waals surface area contributed by atoms with E-state index in [1.54, 1.807) is 0 Å². The lowest BCUT2D eigenvalue weighted by molar-refractivity contribution is -0.326. The fourth-order valence-corrected chi connectivity index (χ4v) is 5.27. The van der Waals surface area contributed by atoms with E-state index in [2.05, 4.69) is 0 Å². The minimum absolute atomic E-state index is 0.0180. The number of carboxylic acid groups (broad SMARTS) is 1. The van der Waals surface area contributed by atoms with Crippen LogP contribution in [0.4, 0.5) is 0 Å². The van der Waals surface area contributed by atoms with Crippen LogP contribution in [0.3, 0.4) is 0 Å².